The third kappa shape index (κ3) is 3.79. The first-order valence-electron chi connectivity index (χ1n) is 7.43. The van der Waals surface area contributed by atoms with Crippen molar-refractivity contribution in [2.75, 3.05) is 14.2 Å². The van der Waals surface area contributed by atoms with E-state index in [4.69, 9.17) is 4.74 Å². The molecule has 0 amide bonds. The molecule has 2 aromatic carbocycles. The third-order valence-electron chi connectivity index (χ3n) is 3.73. The number of esters is 1. The average molecular weight is 348 g/mol. The number of allylic oxidation sites excluding steroid dienone is 1. The molecule has 0 aliphatic rings. The van der Waals surface area contributed by atoms with E-state index in [-0.39, 0.29) is 0 Å². The standard InChI is InChI=1S/C19H18F2O4/c1-4-9-19(20,21)15-10-13(11-16(22)17(15)18(23)25-3)12-5-7-14(24-2)8-6-12/h4-8,10-11,22H,1,9H2,2-3H3. The molecule has 0 spiro atoms. The number of hydrogen-bond acceptors (Lipinski definition) is 4. The van der Waals surface area contributed by atoms with Crippen LogP contribution in [0.3, 0.4) is 0 Å². The molecule has 0 aliphatic heterocycles. The number of rotatable bonds is 6. The van der Waals surface area contributed by atoms with Gasteiger partial charge in [-0.3, -0.25) is 0 Å². The van der Waals surface area contributed by atoms with Gasteiger partial charge in [0.2, 0.25) is 0 Å². The van der Waals surface area contributed by atoms with Gasteiger partial charge < -0.3 is 14.6 Å². The maximum absolute atomic E-state index is 14.5. The highest BCUT2D eigenvalue weighted by molar-refractivity contribution is 5.95. The van der Waals surface area contributed by atoms with Gasteiger partial charge in [0, 0.05) is 12.0 Å². The van der Waals surface area contributed by atoms with Crippen molar-refractivity contribution in [3.05, 3.63) is 60.2 Å². The summed E-state index contributed by atoms with van der Waals surface area (Å²) < 4.78 is 38.6. The molecule has 2 aromatic rings. The lowest BCUT2D eigenvalue weighted by molar-refractivity contribution is -0.00293. The zero-order valence-electron chi connectivity index (χ0n) is 13.9. The summed E-state index contributed by atoms with van der Waals surface area (Å²) in [7, 11) is 2.58. The van der Waals surface area contributed by atoms with Gasteiger partial charge in [0.15, 0.2) is 0 Å². The summed E-state index contributed by atoms with van der Waals surface area (Å²) in [5.74, 6) is -4.38. The van der Waals surface area contributed by atoms with Gasteiger partial charge in [0.1, 0.15) is 17.1 Å². The van der Waals surface area contributed by atoms with Crippen molar-refractivity contribution < 1.29 is 28.2 Å². The lowest BCUT2D eigenvalue weighted by Gasteiger charge is -2.20. The van der Waals surface area contributed by atoms with Crippen LogP contribution in [0.1, 0.15) is 22.3 Å². The van der Waals surface area contributed by atoms with E-state index < -0.39 is 35.2 Å². The van der Waals surface area contributed by atoms with Crippen molar-refractivity contribution in [2.45, 2.75) is 12.3 Å². The monoisotopic (exact) mass is 348 g/mol. The van der Waals surface area contributed by atoms with Crippen LogP contribution in [0, 0.1) is 0 Å². The quantitative estimate of drug-likeness (QED) is 0.616. The SMILES string of the molecule is C=CCC(F)(F)c1cc(-c2ccc(OC)cc2)cc(O)c1C(=O)OC. The number of carbonyl (C=O) groups is 1. The van der Waals surface area contributed by atoms with E-state index in [1.54, 1.807) is 24.3 Å². The highest BCUT2D eigenvalue weighted by Gasteiger charge is 2.37. The molecule has 0 aromatic heterocycles. The third-order valence-corrected chi connectivity index (χ3v) is 3.73. The molecule has 4 nitrogen and oxygen atoms in total. The van der Waals surface area contributed by atoms with Crippen molar-refractivity contribution in [3.8, 4) is 22.6 Å². The molecule has 0 atom stereocenters. The molecule has 0 saturated carbocycles. The molecule has 25 heavy (non-hydrogen) atoms. The smallest absolute Gasteiger partial charge is 0.342 e. The molecule has 0 heterocycles. The summed E-state index contributed by atoms with van der Waals surface area (Å²) in [5.41, 5.74) is -0.230. The number of carbonyl (C=O) groups excluding carboxylic acids is 1. The van der Waals surface area contributed by atoms with E-state index in [9.17, 15) is 18.7 Å². The number of methoxy groups -OCH3 is 2. The minimum atomic E-state index is -3.38. The normalized spacial score (nSPS) is 11.0. The van der Waals surface area contributed by atoms with E-state index in [1.165, 1.54) is 19.2 Å². The predicted octanol–water partition coefficient (Wildman–Crippen LogP) is 4.52. The number of hydrogen-bond donors (Lipinski definition) is 1. The number of aromatic hydroxyl groups is 1. The lowest BCUT2D eigenvalue weighted by Crippen LogP contribution is -2.18. The number of phenols is 1. The molecule has 0 saturated heterocycles. The van der Waals surface area contributed by atoms with E-state index in [0.717, 1.165) is 13.2 Å². The Morgan fingerprint density at radius 1 is 1.20 bits per heavy atom. The Labute approximate surface area is 144 Å². The Bertz CT molecular complexity index is 783. The molecular formula is C19H18F2O4. The molecular weight excluding hydrogens is 330 g/mol. The first-order valence-corrected chi connectivity index (χ1v) is 7.43. The Morgan fingerprint density at radius 3 is 2.36 bits per heavy atom. The molecule has 132 valence electrons. The summed E-state index contributed by atoms with van der Waals surface area (Å²) in [4.78, 5) is 11.9. The van der Waals surface area contributed by atoms with Gasteiger partial charge in [0.25, 0.3) is 5.92 Å². The van der Waals surface area contributed by atoms with Gasteiger partial charge in [-0.15, -0.1) is 6.58 Å². The van der Waals surface area contributed by atoms with Crippen LogP contribution in [0.25, 0.3) is 11.1 Å². The Hall–Kier alpha value is -2.89. The zero-order valence-corrected chi connectivity index (χ0v) is 13.9. The summed E-state index contributed by atoms with van der Waals surface area (Å²) in [6.07, 6.45) is 0.376. The van der Waals surface area contributed by atoms with Crippen LogP contribution in [-0.2, 0) is 10.7 Å². The van der Waals surface area contributed by atoms with Crippen LogP contribution in [0.4, 0.5) is 8.78 Å². The molecule has 6 heteroatoms. The van der Waals surface area contributed by atoms with Crippen molar-refractivity contribution in [3.63, 3.8) is 0 Å². The van der Waals surface area contributed by atoms with Gasteiger partial charge in [-0.2, -0.15) is 0 Å². The van der Waals surface area contributed by atoms with E-state index >= 15 is 0 Å². The van der Waals surface area contributed by atoms with Crippen LogP contribution >= 0.6 is 0 Å². The van der Waals surface area contributed by atoms with Crippen LogP contribution in [0.2, 0.25) is 0 Å². The van der Waals surface area contributed by atoms with Crippen molar-refractivity contribution in [2.24, 2.45) is 0 Å². The van der Waals surface area contributed by atoms with Gasteiger partial charge in [-0.05, 0) is 35.4 Å². The number of ether oxygens (including phenoxy) is 2. The molecule has 0 fully saturated rings. The lowest BCUT2D eigenvalue weighted by atomic mass is 9.93. The second-order valence-corrected chi connectivity index (χ2v) is 5.34. The fourth-order valence-corrected chi connectivity index (χ4v) is 2.47. The van der Waals surface area contributed by atoms with Crippen LogP contribution in [0.5, 0.6) is 11.5 Å². The van der Waals surface area contributed by atoms with Crippen LogP contribution in [0.15, 0.2) is 49.1 Å². The van der Waals surface area contributed by atoms with Crippen molar-refractivity contribution >= 4 is 5.97 Å². The zero-order chi connectivity index (χ0) is 18.6. The molecule has 0 unspecified atom stereocenters. The molecule has 0 aliphatic carbocycles. The second kappa shape index (κ2) is 7.34. The predicted molar refractivity (Wildman–Crippen MR) is 90.1 cm³/mol. The minimum absolute atomic E-state index is 0.339. The summed E-state index contributed by atoms with van der Waals surface area (Å²) in [5, 5.41) is 10.2. The van der Waals surface area contributed by atoms with E-state index in [1.807, 2.05) is 0 Å². The van der Waals surface area contributed by atoms with E-state index in [2.05, 4.69) is 11.3 Å². The van der Waals surface area contributed by atoms with E-state index in [0.29, 0.717) is 16.9 Å². The Morgan fingerprint density at radius 2 is 1.84 bits per heavy atom. The van der Waals surface area contributed by atoms with Gasteiger partial charge in [-0.25, -0.2) is 13.6 Å². The highest BCUT2D eigenvalue weighted by Crippen LogP contribution is 2.41. The Balaban J connectivity index is 2.66. The number of alkyl halides is 2. The first-order chi connectivity index (χ1) is 11.8. The second-order valence-electron chi connectivity index (χ2n) is 5.34. The first kappa shape index (κ1) is 18.4. The van der Waals surface area contributed by atoms with Crippen molar-refractivity contribution in [1.29, 1.82) is 0 Å². The summed E-state index contributed by atoms with van der Waals surface area (Å²) in [6.45, 7) is 3.32. The summed E-state index contributed by atoms with van der Waals surface area (Å²) in [6, 6.07) is 9.10. The minimum Gasteiger partial charge on any atom is -0.507 e. The van der Waals surface area contributed by atoms with Crippen LogP contribution < -0.4 is 4.74 Å². The average Bonchev–Trinajstić information content (AvgIpc) is 2.60. The number of benzene rings is 2. The molecule has 2 rings (SSSR count). The molecule has 1 N–H and O–H groups in total. The Kier molecular flexibility index (Phi) is 5.41. The van der Waals surface area contributed by atoms with Gasteiger partial charge >= 0.3 is 5.97 Å². The fourth-order valence-electron chi connectivity index (χ4n) is 2.47. The fraction of sp³-hybridized carbons (Fsp3) is 0.211. The molecule has 0 bridgehead atoms. The maximum Gasteiger partial charge on any atom is 0.342 e. The van der Waals surface area contributed by atoms with Crippen molar-refractivity contribution in [1.82, 2.24) is 0 Å². The molecule has 0 radical (unpaired) electrons. The van der Waals surface area contributed by atoms with Gasteiger partial charge in [0.05, 0.1) is 14.2 Å². The largest absolute Gasteiger partial charge is 0.507 e. The topological polar surface area (TPSA) is 55.8 Å². The van der Waals surface area contributed by atoms with Crippen LogP contribution in [-0.4, -0.2) is 25.3 Å². The highest BCUT2D eigenvalue weighted by atomic mass is 19.3. The number of halogens is 2. The summed E-state index contributed by atoms with van der Waals surface area (Å²) >= 11 is 0. The number of phenolic OH excluding ortho intramolecular Hbond substituents is 1. The van der Waals surface area contributed by atoms with Gasteiger partial charge in [-0.1, -0.05) is 18.2 Å². The maximum atomic E-state index is 14.5.